The highest BCUT2D eigenvalue weighted by molar-refractivity contribution is 5.69. The standard InChI is InChI=1S/C19H33N5O3/c1-14-16(17(22(5)21-14)23-6-8-26-9-7-23)11-20-10-15-12-24(13-15)18(25)27-19(2,3)4/h15,20H,6-13H2,1-5H3. The topological polar surface area (TPSA) is 71.9 Å². The first kappa shape index (κ1) is 19.9. The molecule has 0 atom stereocenters. The maximum Gasteiger partial charge on any atom is 0.410 e. The van der Waals surface area contributed by atoms with Crippen LogP contribution in [0.4, 0.5) is 10.6 Å². The molecule has 2 aliphatic rings. The van der Waals surface area contributed by atoms with E-state index in [-0.39, 0.29) is 6.09 Å². The second kappa shape index (κ2) is 8.06. The molecule has 1 aromatic heterocycles. The average Bonchev–Trinajstić information content (AvgIpc) is 2.82. The molecule has 3 heterocycles. The minimum atomic E-state index is -0.436. The van der Waals surface area contributed by atoms with Crippen LogP contribution in [-0.4, -0.2) is 72.3 Å². The van der Waals surface area contributed by atoms with E-state index in [1.165, 1.54) is 11.4 Å². The first-order valence-electron chi connectivity index (χ1n) is 9.78. The van der Waals surface area contributed by atoms with Crippen LogP contribution in [0.3, 0.4) is 0 Å². The highest BCUT2D eigenvalue weighted by Gasteiger charge is 2.33. The average molecular weight is 380 g/mol. The van der Waals surface area contributed by atoms with Crippen LogP contribution in [0.1, 0.15) is 32.0 Å². The molecule has 3 rings (SSSR count). The number of rotatable bonds is 5. The number of carbonyl (C=O) groups is 1. The third-order valence-electron chi connectivity index (χ3n) is 4.97. The largest absolute Gasteiger partial charge is 0.444 e. The van der Waals surface area contributed by atoms with Gasteiger partial charge in [0.15, 0.2) is 0 Å². The Morgan fingerprint density at radius 2 is 1.96 bits per heavy atom. The first-order valence-corrected chi connectivity index (χ1v) is 9.78. The molecule has 0 saturated carbocycles. The number of aryl methyl sites for hydroxylation is 2. The van der Waals surface area contributed by atoms with Crippen LogP contribution in [0.5, 0.6) is 0 Å². The van der Waals surface area contributed by atoms with Crippen LogP contribution >= 0.6 is 0 Å². The number of hydrogen-bond acceptors (Lipinski definition) is 6. The van der Waals surface area contributed by atoms with Gasteiger partial charge >= 0.3 is 6.09 Å². The van der Waals surface area contributed by atoms with Gasteiger partial charge in [-0.3, -0.25) is 4.68 Å². The van der Waals surface area contributed by atoms with Crippen molar-refractivity contribution in [2.24, 2.45) is 13.0 Å². The number of carbonyl (C=O) groups excluding carboxylic acids is 1. The van der Waals surface area contributed by atoms with E-state index in [1.807, 2.05) is 32.5 Å². The highest BCUT2D eigenvalue weighted by atomic mass is 16.6. The molecule has 0 radical (unpaired) electrons. The molecule has 27 heavy (non-hydrogen) atoms. The van der Waals surface area contributed by atoms with Crippen LogP contribution in [0, 0.1) is 12.8 Å². The van der Waals surface area contributed by atoms with Gasteiger partial charge in [0.1, 0.15) is 11.4 Å². The second-order valence-corrected chi connectivity index (χ2v) is 8.49. The molecule has 0 spiro atoms. The summed E-state index contributed by atoms with van der Waals surface area (Å²) in [6, 6.07) is 0. The molecule has 2 fully saturated rings. The number of amides is 1. The van der Waals surface area contributed by atoms with Gasteiger partial charge in [0.2, 0.25) is 0 Å². The maximum absolute atomic E-state index is 12.0. The van der Waals surface area contributed by atoms with Crippen molar-refractivity contribution in [2.75, 3.05) is 50.8 Å². The number of nitrogens with one attached hydrogen (secondary N) is 1. The molecule has 0 unspecified atom stereocenters. The van der Waals surface area contributed by atoms with E-state index in [0.29, 0.717) is 5.92 Å². The molecular weight excluding hydrogens is 346 g/mol. The number of likely N-dealkylation sites (tertiary alicyclic amines) is 1. The van der Waals surface area contributed by atoms with Gasteiger partial charge in [-0.15, -0.1) is 0 Å². The fourth-order valence-corrected chi connectivity index (χ4v) is 3.64. The van der Waals surface area contributed by atoms with Gasteiger partial charge < -0.3 is 24.6 Å². The van der Waals surface area contributed by atoms with E-state index in [1.54, 1.807) is 4.90 Å². The molecule has 1 amide bonds. The van der Waals surface area contributed by atoms with Crippen molar-refractivity contribution >= 4 is 11.9 Å². The number of ether oxygens (including phenoxy) is 2. The van der Waals surface area contributed by atoms with E-state index in [9.17, 15) is 4.79 Å². The van der Waals surface area contributed by atoms with Gasteiger partial charge in [0, 0.05) is 57.8 Å². The number of hydrogen-bond donors (Lipinski definition) is 1. The Hall–Kier alpha value is -1.80. The summed E-state index contributed by atoms with van der Waals surface area (Å²) < 4.78 is 12.9. The fourth-order valence-electron chi connectivity index (χ4n) is 3.64. The third-order valence-corrected chi connectivity index (χ3v) is 4.97. The number of aromatic nitrogens is 2. The van der Waals surface area contributed by atoms with Gasteiger partial charge in [0.25, 0.3) is 0 Å². The summed E-state index contributed by atoms with van der Waals surface area (Å²) in [7, 11) is 2.01. The van der Waals surface area contributed by atoms with Gasteiger partial charge in [-0.05, 0) is 27.7 Å². The number of nitrogens with zero attached hydrogens (tertiary/aromatic N) is 4. The predicted octanol–water partition coefficient (Wildman–Crippen LogP) is 1.52. The van der Waals surface area contributed by atoms with E-state index in [0.717, 1.165) is 58.2 Å². The predicted molar refractivity (Wildman–Crippen MR) is 104 cm³/mol. The van der Waals surface area contributed by atoms with Gasteiger partial charge in [-0.25, -0.2) is 4.79 Å². The summed E-state index contributed by atoms with van der Waals surface area (Å²) in [6.07, 6.45) is -0.212. The minimum Gasteiger partial charge on any atom is -0.444 e. The second-order valence-electron chi connectivity index (χ2n) is 8.49. The van der Waals surface area contributed by atoms with Crippen molar-refractivity contribution in [1.29, 1.82) is 0 Å². The molecule has 0 aliphatic carbocycles. The lowest BCUT2D eigenvalue weighted by molar-refractivity contribution is -0.000800. The SMILES string of the molecule is Cc1nn(C)c(N2CCOCC2)c1CNCC1CN(C(=O)OC(C)(C)C)C1. The van der Waals surface area contributed by atoms with Gasteiger partial charge in [-0.2, -0.15) is 5.10 Å². The lowest BCUT2D eigenvalue weighted by atomic mass is 10.0. The maximum atomic E-state index is 12.0. The Morgan fingerprint density at radius 1 is 1.30 bits per heavy atom. The molecule has 8 heteroatoms. The summed E-state index contributed by atoms with van der Waals surface area (Å²) in [5.41, 5.74) is 1.88. The van der Waals surface area contributed by atoms with Crippen LogP contribution in [0.25, 0.3) is 0 Å². The number of morpholine rings is 1. The Bertz CT molecular complexity index is 655. The van der Waals surface area contributed by atoms with Gasteiger partial charge in [0.05, 0.1) is 18.9 Å². The normalized spacial score (nSPS) is 18.6. The molecule has 2 saturated heterocycles. The first-order chi connectivity index (χ1) is 12.7. The van der Waals surface area contributed by atoms with Crippen LogP contribution in [0.2, 0.25) is 0 Å². The number of anilines is 1. The van der Waals surface area contributed by atoms with Crippen LogP contribution in [0.15, 0.2) is 0 Å². The third kappa shape index (κ3) is 4.93. The van der Waals surface area contributed by atoms with E-state index in [2.05, 4.69) is 22.2 Å². The van der Waals surface area contributed by atoms with Crippen molar-refractivity contribution in [2.45, 2.75) is 39.8 Å². The smallest absolute Gasteiger partial charge is 0.410 e. The molecule has 152 valence electrons. The lowest BCUT2D eigenvalue weighted by Gasteiger charge is -2.40. The minimum absolute atomic E-state index is 0.212. The van der Waals surface area contributed by atoms with Crippen LogP contribution in [-0.2, 0) is 23.1 Å². The van der Waals surface area contributed by atoms with E-state index >= 15 is 0 Å². The quantitative estimate of drug-likeness (QED) is 0.836. The summed E-state index contributed by atoms with van der Waals surface area (Å²) >= 11 is 0. The summed E-state index contributed by atoms with van der Waals surface area (Å²) in [5, 5.41) is 8.17. The molecule has 1 N–H and O–H groups in total. The highest BCUT2D eigenvalue weighted by Crippen LogP contribution is 2.24. The molecule has 8 nitrogen and oxygen atoms in total. The Morgan fingerprint density at radius 3 is 2.59 bits per heavy atom. The van der Waals surface area contributed by atoms with E-state index < -0.39 is 5.60 Å². The molecule has 2 aliphatic heterocycles. The van der Waals surface area contributed by atoms with Crippen molar-refractivity contribution in [1.82, 2.24) is 20.0 Å². The summed E-state index contributed by atoms with van der Waals surface area (Å²) in [6.45, 7) is 14.3. The van der Waals surface area contributed by atoms with Crippen molar-refractivity contribution in [3.63, 3.8) is 0 Å². The molecule has 0 aromatic carbocycles. The van der Waals surface area contributed by atoms with E-state index in [4.69, 9.17) is 9.47 Å². The zero-order chi connectivity index (χ0) is 19.6. The zero-order valence-electron chi connectivity index (χ0n) is 17.2. The lowest BCUT2D eigenvalue weighted by Crippen LogP contribution is -2.54. The monoisotopic (exact) mass is 379 g/mol. The summed E-state index contributed by atoms with van der Waals surface area (Å²) in [5.74, 6) is 1.66. The summed E-state index contributed by atoms with van der Waals surface area (Å²) in [4.78, 5) is 16.1. The van der Waals surface area contributed by atoms with Crippen molar-refractivity contribution < 1.29 is 14.3 Å². The van der Waals surface area contributed by atoms with Crippen molar-refractivity contribution in [3.8, 4) is 0 Å². The zero-order valence-corrected chi connectivity index (χ0v) is 17.2. The Labute approximate surface area is 161 Å². The fraction of sp³-hybridized carbons (Fsp3) is 0.789. The Balaban J connectivity index is 1.47. The molecule has 0 bridgehead atoms. The molecule has 1 aromatic rings. The van der Waals surface area contributed by atoms with Crippen LogP contribution < -0.4 is 10.2 Å². The molecular formula is C19H33N5O3. The Kier molecular flexibility index (Phi) is 5.95. The van der Waals surface area contributed by atoms with Crippen molar-refractivity contribution in [3.05, 3.63) is 11.3 Å². The van der Waals surface area contributed by atoms with Gasteiger partial charge in [-0.1, -0.05) is 0 Å².